The number of carbonyl (C=O) groups is 1. The number of nitrogens with two attached hydrogens (primary N) is 1. The van der Waals surface area contributed by atoms with Crippen molar-refractivity contribution in [2.45, 2.75) is 44.6 Å². The molecule has 0 atom stereocenters. The van der Waals surface area contributed by atoms with E-state index in [2.05, 4.69) is 21.2 Å². The number of rotatable bonds is 2. The first-order valence-corrected chi connectivity index (χ1v) is 9.04. The number of anilines is 1. The van der Waals surface area contributed by atoms with Gasteiger partial charge in [-0.25, -0.2) is 0 Å². The number of hydrogen-bond acceptors (Lipinski definition) is 3. The summed E-state index contributed by atoms with van der Waals surface area (Å²) in [5.74, 6) is -0.0169. The van der Waals surface area contributed by atoms with Crippen molar-refractivity contribution in [3.8, 4) is 0 Å². The molecule has 0 unspecified atom stereocenters. The van der Waals surface area contributed by atoms with Gasteiger partial charge in [0.25, 0.3) is 5.91 Å². The molecule has 1 aromatic heterocycles. The number of halogens is 1. The number of benzene rings is 1. The van der Waals surface area contributed by atoms with Crippen LogP contribution < -0.4 is 11.1 Å². The van der Waals surface area contributed by atoms with E-state index in [0.29, 0.717) is 16.6 Å². The maximum absolute atomic E-state index is 12.5. The molecule has 3 rings (SSSR count). The highest BCUT2D eigenvalue weighted by atomic mass is 79.9. The van der Waals surface area contributed by atoms with E-state index in [1.165, 1.54) is 37.0 Å². The Bertz CT molecular complexity index is 660. The van der Waals surface area contributed by atoms with Gasteiger partial charge in [-0.2, -0.15) is 0 Å². The molecule has 5 heteroatoms. The molecule has 1 aliphatic rings. The third-order valence-electron chi connectivity index (χ3n) is 4.09. The van der Waals surface area contributed by atoms with Crippen molar-refractivity contribution in [1.29, 1.82) is 0 Å². The average Bonchev–Trinajstić information content (AvgIpc) is 2.64. The Labute approximate surface area is 137 Å². The summed E-state index contributed by atoms with van der Waals surface area (Å²) in [5.41, 5.74) is 6.77. The SMILES string of the molecule is Nc1c(C(=O)NC2CCCCCC2)sc2cc(Br)ccc12. The van der Waals surface area contributed by atoms with Gasteiger partial charge >= 0.3 is 0 Å². The van der Waals surface area contributed by atoms with E-state index >= 15 is 0 Å². The highest BCUT2D eigenvalue weighted by Gasteiger charge is 2.20. The minimum Gasteiger partial charge on any atom is -0.397 e. The van der Waals surface area contributed by atoms with Gasteiger partial charge in [-0.1, -0.05) is 47.7 Å². The number of amides is 1. The monoisotopic (exact) mass is 366 g/mol. The van der Waals surface area contributed by atoms with Crippen molar-refractivity contribution < 1.29 is 4.79 Å². The average molecular weight is 367 g/mol. The molecule has 3 N–H and O–H groups in total. The molecule has 1 amide bonds. The Balaban J connectivity index is 1.82. The van der Waals surface area contributed by atoms with Crippen molar-refractivity contribution in [3.63, 3.8) is 0 Å². The molecular weight excluding hydrogens is 348 g/mol. The molecule has 21 heavy (non-hydrogen) atoms. The maximum atomic E-state index is 12.5. The van der Waals surface area contributed by atoms with Gasteiger partial charge in [0.1, 0.15) is 4.88 Å². The van der Waals surface area contributed by atoms with Gasteiger partial charge in [-0.15, -0.1) is 11.3 Å². The predicted molar refractivity (Wildman–Crippen MR) is 92.9 cm³/mol. The molecule has 1 heterocycles. The van der Waals surface area contributed by atoms with Crippen molar-refractivity contribution in [2.75, 3.05) is 5.73 Å². The molecular formula is C16H19BrN2OS. The number of fused-ring (bicyclic) bond motifs is 1. The quantitative estimate of drug-likeness (QED) is 0.756. The Morgan fingerprint density at radius 3 is 2.67 bits per heavy atom. The minimum absolute atomic E-state index is 0.0169. The summed E-state index contributed by atoms with van der Waals surface area (Å²) in [7, 11) is 0. The predicted octanol–water partition coefficient (Wildman–Crippen LogP) is 4.70. The van der Waals surface area contributed by atoms with E-state index in [4.69, 9.17) is 5.73 Å². The first kappa shape index (κ1) is 14.9. The van der Waals surface area contributed by atoms with E-state index in [1.54, 1.807) is 0 Å². The second kappa shape index (κ2) is 6.36. The third kappa shape index (κ3) is 3.24. The van der Waals surface area contributed by atoms with Crippen molar-refractivity contribution >= 4 is 48.9 Å². The van der Waals surface area contributed by atoms with Crippen LogP contribution in [0.2, 0.25) is 0 Å². The lowest BCUT2D eigenvalue weighted by Gasteiger charge is -2.15. The zero-order valence-electron chi connectivity index (χ0n) is 11.8. The molecule has 2 aromatic rings. The van der Waals surface area contributed by atoms with Crippen LogP contribution in [0.1, 0.15) is 48.2 Å². The van der Waals surface area contributed by atoms with Crippen LogP contribution in [0, 0.1) is 0 Å². The Morgan fingerprint density at radius 2 is 1.95 bits per heavy atom. The lowest BCUT2D eigenvalue weighted by molar-refractivity contribution is 0.0938. The number of nitrogens with one attached hydrogen (secondary N) is 1. The summed E-state index contributed by atoms with van der Waals surface area (Å²) in [6, 6.07) is 6.24. The highest BCUT2D eigenvalue weighted by Crippen LogP contribution is 2.35. The van der Waals surface area contributed by atoms with Crippen LogP contribution in [0.25, 0.3) is 10.1 Å². The Kier molecular flexibility index (Phi) is 4.50. The largest absolute Gasteiger partial charge is 0.397 e. The van der Waals surface area contributed by atoms with E-state index in [9.17, 15) is 4.79 Å². The summed E-state index contributed by atoms with van der Waals surface area (Å²) in [6.45, 7) is 0. The van der Waals surface area contributed by atoms with Crippen LogP contribution in [-0.2, 0) is 0 Å². The standard InChI is InChI=1S/C16H19BrN2OS/c17-10-7-8-12-13(9-10)21-15(14(12)18)16(20)19-11-5-3-1-2-4-6-11/h7-9,11H,1-6,18H2,(H,19,20). The molecule has 1 fully saturated rings. The topological polar surface area (TPSA) is 55.1 Å². The maximum Gasteiger partial charge on any atom is 0.263 e. The summed E-state index contributed by atoms with van der Waals surface area (Å²) >= 11 is 4.93. The van der Waals surface area contributed by atoms with Crippen LogP contribution in [0.5, 0.6) is 0 Å². The molecule has 1 aromatic carbocycles. The summed E-state index contributed by atoms with van der Waals surface area (Å²) in [5, 5.41) is 4.14. The highest BCUT2D eigenvalue weighted by molar-refractivity contribution is 9.10. The number of hydrogen-bond donors (Lipinski definition) is 2. The zero-order valence-corrected chi connectivity index (χ0v) is 14.2. The zero-order chi connectivity index (χ0) is 14.8. The molecule has 0 radical (unpaired) electrons. The van der Waals surface area contributed by atoms with Gasteiger partial charge < -0.3 is 11.1 Å². The first-order chi connectivity index (χ1) is 10.1. The fourth-order valence-corrected chi connectivity index (χ4v) is 4.51. The smallest absolute Gasteiger partial charge is 0.263 e. The first-order valence-electron chi connectivity index (χ1n) is 7.43. The normalized spacial score (nSPS) is 16.8. The van der Waals surface area contributed by atoms with Crippen molar-refractivity contribution in [3.05, 3.63) is 27.5 Å². The van der Waals surface area contributed by atoms with Gasteiger partial charge in [0, 0.05) is 20.6 Å². The van der Waals surface area contributed by atoms with E-state index < -0.39 is 0 Å². The van der Waals surface area contributed by atoms with Gasteiger partial charge in [0.2, 0.25) is 0 Å². The fourth-order valence-electron chi connectivity index (χ4n) is 2.93. The second-order valence-corrected chi connectivity index (χ2v) is 7.62. The van der Waals surface area contributed by atoms with Gasteiger partial charge in [0.05, 0.1) is 5.69 Å². The Morgan fingerprint density at radius 1 is 1.24 bits per heavy atom. The van der Waals surface area contributed by atoms with Gasteiger partial charge in [-0.3, -0.25) is 4.79 Å². The number of thiophene rings is 1. The summed E-state index contributed by atoms with van der Waals surface area (Å²) in [6.07, 6.45) is 7.15. The van der Waals surface area contributed by atoms with Gasteiger partial charge in [0.15, 0.2) is 0 Å². The van der Waals surface area contributed by atoms with E-state index in [1.807, 2.05) is 18.2 Å². The lowest BCUT2D eigenvalue weighted by Crippen LogP contribution is -2.34. The minimum atomic E-state index is -0.0169. The Hall–Kier alpha value is -1.07. The third-order valence-corrected chi connectivity index (χ3v) is 5.75. The number of nitrogen functional groups attached to an aromatic ring is 1. The molecule has 0 bridgehead atoms. The van der Waals surface area contributed by atoms with E-state index in [-0.39, 0.29) is 5.91 Å². The van der Waals surface area contributed by atoms with E-state index in [0.717, 1.165) is 27.4 Å². The van der Waals surface area contributed by atoms with Crippen LogP contribution in [-0.4, -0.2) is 11.9 Å². The second-order valence-electron chi connectivity index (χ2n) is 5.65. The van der Waals surface area contributed by atoms with Crippen LogP contribution in [0.3, 0.4) is 0 Å². The molecule has 1 saturated carbocycles. The molecule has 0 saturated heterocycles. The van der Waals surface area contributed by atoms with Crippen LogP contribution in [0.15, 0.2) is 22.7 Å². The molecule has 0 aliphatic heterocycles. The molecule has 1 aliphatic carbocycles. The van der Waals surface area contributed by atoms with Crippen LogP contribution >= 0.6 is 27.3 Å². The van der Waals surface area contributed by atoms with Gasteiger partial charge in [-0.05, 0) is 25.0 Å². The molecule has 0 spiro atoms. The molecule has 3 nitrogen and oxygen atoms in total. The fraction of sp³-hybridized carbons (Fsp3) is 0.438. The van der Waals surface area contributed by atoms with Crippen LogP contribution in [0.4, 0.5) is 5.69 Å². The summed E-state index contributed by atoms with van der Waals surface area (Å²) < 4.78 is 2.06. The van der Waals surface area contributed by atoms with Crippen molar-refractivity contribution in [1.82, 2.24) is 5.32 Å². The molecule has 112 valence electrons. The lowest BCUT2D eigenvalue weighted by atomic mass is 10.1. The number of carbonyl (C=O) groups excluding carboxylic acids is 1. The van der Waals surface area contributed by atoms with Crippen molar-refractivity contribution in [2.24, 2.45) is 0 Å². The summed E-state index contributed by atoms with van der Waals surface area (Å²) in [4.78, 5) is 13.2.